The molecule has 0 aliphatic carbocycles. The number of hydrogen-bond acceptors (Lipinski definition) is 4. The van der Waals surface area contributed by atoms with E-state index in [1.807, 2.05) is 18.5 Å². The van der Waals surface area contributed by atoms with Crippen molar-refractivity contribution in [2.45, 2.75) is 12.5 Å². The van der Waals surface area contributed by atoms with E-state index in [4.69, 9.17) is 0 Å². The fourth-order valence-corrected chi connectivity index (χ4v) is 4.50. The number of aromatic nitrogens is 3. The van der Waals surface area contributed by atoms with E-state index in [0.717, 1.165) is 24.6 Å². The Kier molecular flexibility index (Phi) is 3.52. The molecule has 1 aliphatic rings. The molecule has 5 heteroatoms. The maximum atomic E-state index is 4.67. The minimum Gasteiger partial charge on any atom is -0.346 e. The predicted molar refractivity (Wildman–Crippen MR) is 103 cm³/mol. The summed E-state index contributed by atoms with van der Waals surface area (Å²) in [7, 11) is 0. The summed E-state index contributed by atoms with van der Waals surface area (Å²) in [5.74, 6) is 0. The molecule has 3 heterocycles. The summed E-state index contributed by atoms with van der Waals surface area (Å²) in [6, 6.07) is 19.3. The van der Waals surface area contributed by atoms with Crippen LogP contribution in [0.25, 0.3) is 21.3 Å². The number of rotatable bonds is 3. The summed E-state index contributed by atoms with van der Waals surface area (Å²) >= 11 is 1.77. The zero-order chi connectivity index (χ0) is 16.6. The van der Waals surface area contributed by atoms with Gasteiger partial charge in [0.05, 0.1) is 22.6 Å². The van der Waals surface area contributed by atoms with Crippen LogP contribution in [-0.4, -0.2) is 27.9 Å². The molecule has 0 saturated carbocycles. The van der Waals surface area contributed by atoms with E-state index < -0.39 is 0 Å². The standard InChI is InChI=1S/C20H18N4S/c1-2-6-15(7-3-1)19-13-21-20(25-19)23-11-10-17(14-23)24-18-9-5-4-8-16(18)12-22-24/h1-9,12-13,17H,10-11,14H2. The molecule has 0 amide bonds. The molecule has 25 heavy (non-hydrogen) atoms. The molecule has 0 bridgehead atoms. The lowest BCUT2D eigenvalue weighted by molar-refractivity contribution is 0.511. The second kappa shape index (κ2) is 6.01. The second-order valence-corrected chi connectivity index (χ2v) is 7.42. The van der Waals surface area contributed by atoms with Gasteiger partial charge in [0.2, 0.25) is 0 Å². The Hall–Kier alpha value is -2.66. The zero-order valence-electron chi connectivity index (χ0n) is 13.7. The number of anilines is 1. The fraction of sp³-hybridized carbons (Fsp3) is 0.200. The van der Waals surface area contributed by atoms with Crippen LogP contribution in [0.2, 0.25) is 0 Å². The van der Waals surface area contributed by atoms with Crippen molar-refractivity contribution in [3.8, 4) is 10.4 Å². The van der Waals surface area contributed by atoms with Gasteiger partial charge in [-0.25, -0.2) is 4.98 Å². The highest BCUT2D eigenvalue weighted by molar-refractivity contribution is 7.18. The van der Waals surface area contributed by atoms with Gasteiger partial charge >= 0.3 is 0 Å². The van der Waals surface area contributed by atoms with Gasteiger partial charge in [-0.3, -0.25) is 4.68 Å². The molecule has 124 valence electrons. The van der Waals surface area contributed by atoms with Gasteiger partial charge in [-0.1, -0.05) is 59.9 Å². The monoisotopic (exact) mass is 346 g/mol. The van der Waals surface area contributed by atoms with E-state index in [1.54, 1.807) is 11.3 Å². The van der Waals surface area contributed by atoms with Crippen LogP contribution in [0, 0.1) is 0 Å². The van der Waals surface area contributed by atoms with E-state index in [0.29, 0.717) is 6.04 Å². The van der Waals surface area contributed by atoms with Gasteiger partial charge in [-0.05, 0) is 18.1 Å². The van der Waals surface area contributed by atoms with Crippen molar-refractivity contribution < 1.29 is 0 Å². The molecule has 0 N–H and O–H groups in total. The van der Waals surface area contributed by atoms with Gasteiger partial charge in [0.15, 0.2) is 5.13 Å². The molecule has 1 atom stereocenters. The predicted octanol–water partition coefficient (Wildman–Crippen LogP) is 4.61. The van der Waals surface area contributed by atoms with Crippen LogP contribution in [0.4, 0.5) is 5.13 Å². The van der Waals surface area contributed by atoms with Gasteiger partial charge in [-0.15, -0.1) is 0 Å². The molecule has 1 saturated heterocycles. The van der Waals surface area contributed by atoms with Crippen LogP contribution in [-0.2, 0) is 0 Å². The number of nitrogens with zero attached hydrogens (tertiary/aromatic N) is 4. The van der Waals surface area contributed by atoms with Gasteiger partial charge in [0, 0.05) is 24.7 Å². The van der Waals surface area contributed by atoms with Crippen molar-refractivity contribution in [2.75, 3.05) is 18.0 Å². The molecular weight excluding hydrogens is 328 g/mol. The first-order valence-electron chi connectivity index (χ1n) is 8.57. The quantitative estimate of drug-likeness (QED) is 0.543. The van der Waals surface area contributed by atoms with Crippen LogP contribution in [0.3, 0.4) is 0 Å². The minimum absolute atomic E-state index is 0.406. The number of fused-ring (bicyclic) bond motifs is 1. The van der Waals surface area contributed by atoms with Crippen LogP contribution in [0.15, 0.2) is 67.0 Å². The molecule has 1 unspecified atom stereocenters. The van der Waals surface area contributed by atoms with Gasteiger partial charge in [-0.2, -0.15) is 5.10 Å². The second-order valence-electron chi connectivity index (χ2n) is 6.41. The number of para-hydroxylation sites is 1. The average molecular weight is 346 g/mol. The number of thiazole rings is 1. The molecule has 5 rings (SSSR count). The Labute approximate surface area is 150 Å². The summed E-state index contributed by atoms with van der Waals surface area (Å²) in [4.78, 5) is 8.28. The van der Waals surface area contributed by atoms with Gasteiger partial charge < -0.3 is 4.90 Å². The lowest BCUT2D eigenvalue weighted by atomic mass is 10.2. The molecule has 1 fully saturated rings. The summed E-state index contributed by atoms with van der Waals surface area (Å²) in [5.41, 5.74) is 2.46. The van der Waals surface area contributed by atoms with Gasteiger partial charge in [0.1, 0.15) is 0 Å². The maximum Gasteiger partial charge on any atom is 0.185 e. The van der Waals surface area contributed by atoms with Crippen molar-refractivity contribution in [1.82, 2.24) is 14.8 Å². The highest BCUT2D eigenvalue weighted by Crippen LogP contribution is 2.35. The highest BCUT2D eigenvalue weighted by Gasteiger charge is 2.27. The molecule has 4 nitrogen and oxygen atoms in total. The Balaban J connectivity index is 1.38. The lowest BCUT2D eigenvalue weighted by Gasteiger charge is -2.15. The minimum atomic E-state index is 0.406. The lowest BCUT2D eigenvalue weighted by Crippen LogP contribution is -2.20. The van der Waals surface area contributed by atoms with Crippen molar-refractivity contribution >= 4 is 27.4 Å². The van der Waals surface area contributed by atoms with Crippen molar-refractivity contribution in [1.29, 1.82) is 0 Å². The van der Waals surface area contributed by atoms with Crippen molar-refractivity contribution in [3.05, 3.63) is 67.0 Å². The van der Waals surface area contributed by atoms with Crippen LogP contribution in [0.1, 0.15) is 12.5 Å². The van der Waals surface area contributed by atoms with Gasteiger partial charge in [0.25, 0.3) is 0 Å². The summed E-state index contributed by atoms with van der Waals surface area (Å²) in [6.07, 6.45) is 5.06. The SMILES string of the molecule is c1ccc(-c2cnc(N3CCC(n4ncc5ccccc54)C3)s2)cc1. The molecule has 0 spiro atoms. The van der Waals surface area contributed by atoms with E-state index in [1.165, 1.54) is 21.3 Å². The Morgan fingerprint density at radius 2 is 1.80 bits per heavy atom. The normalized spacial score (nSPS) is 17.4. The fourth-order valence-electron chi connectivity index (χ4n) is 3.55. The molecule has 2 aromatic heterocycles. The molecule has 0 radical (unpaired) electrons. The Bertz CT molecular complexity index is 1000. The summed E-state index contributed by atoms with van der Waals surface area (Å²) < 4.78 is 2.18. The summed E-state index contributed by atoms with van der Waals surface area (Å²) in [6.45, 7) is 1.99. The highest BCUT2D eigenvalue weighted by atomic mass is 32.1. The van der Waals surface area contributed by atoms with Crippen LogP contribution < -0.4 is 4.90 Å². The first-order valence-corrected chi connectivity index (χ1v) is 9.38. The number of benzene rings is 2. The third kappa shape index (κ3) is 2.61. The van der Waals surface area contributed by atoms with E-state index >= 15 is 0 Å². The summed E-state index contributed by atoms with van der Waals surface area (Å²) in [5, 5.41) is 6.95. The zero-order valence-corrected chi connectivity index (χ0v) is 14.6. The smallest absolute Gasteiger partial charge is 0.185 e. The van der Waals surface area contributed by atoms with Crippen molar-refractivity contribution in [3.63, 3.8) is 0 Å². The third-order valence-electron chi connectivity index (χ3n) is 4.84. The average Bonchev–Trinajstić information content (AvgIpc) is 3.40. The third-order valence-corrected chi connectivity index (χ3v) is 5.94. The Morgan fingerprint density at radius 3 is 2.72 bits per heavy atom. The molecule has 4 aromatic rings. The Morgan fingerprint density at radius 1 is 0.960 bits per heavy atom. The van der Waals surface area contributed by atoms with E-state index in [-0.39, 0.29) is 0 Å². The molecule has 2 aromatic carbocycles. The van der Waals surface area contributed by atoms with Crippen molar-refractivity contribution in [2.24, 2.45) is 0 Å². The maximum absolute atomic E-state index is 4.67. The topological polar surface area (TPSA) is 34.0 Å². The van der Waals surface area contributed by atoms with Crippen LogP contribution >= 0.6 is 11.3 Å². The van der Waals surface area contributed by atoms with E-state index in [2.05, 4.69) is 68.2 Å². The first-order chi connectivity index (χ1) is 12.4. The van der Waals surface area contributed by atoms with E-state index in [9.17, 15) is 0 Å². The molecule has 1 aliphatic heterocycles. The largest absolute Gasteiger partial charge is 0.346 e. The molecular formula is C20H18N4S. The number of hydrogen-bond donors (Lipinski definition) is 0. The first kappa shape index (κ1) is 14.7. The van der Waals surface area contributed by atoms with Crippen LogP contribution in [0.5, 0.6) is 0 Å².